The van der Waals surface area contributed by atoms with Gasteiger partial charge in [0.2, 0.25) is 5.96 Å². The third-order valence-electron chi connectivity index (χ3n) is 4.76. The summed E-state index contributed by atoms with van der Waals surface area (Å²) >= 11 is 0. The lowest BCUT2D eigenvalue weighted by Gasteiger charge is -2.15. The molecular formula is C21H25N5. The second kappa shape index (κ2) is 7.44. The number of nitrogens with two attached hydrogens (primary N) is 2. The van der Waals surface area contributed by atoms with Crippen LogP contribution in [0, 0.1) is 5.92 Å². The Morgan fingerprint density at radius 3 is 2.31 bits per heavy atom. The van der Waals surface area contributed by atoms with E-state index in [0.717, 1.165) is 39.9 Å². The van der Waals surface area contributed by atoms with Crippen LogP contribution in [0.5, 0.6) is 0 Å². The summed E-state index contributed by atoms with van der Waals surface area (Å²) in [6.07, 6.45) is 0.941. The molecule has 0 spiro atoms. The molecule has 3 rings (SSSR count). The fourth-order valence-electron chi connectivity index (χ4n) is 3.29. The molecule has 26 heavy (non-hydrogen) atoms. The van der Waals surface area contributed by atoms with Crippen LogP contribution in [-0.4, -0.2) is 16.2 Å². The molecule has 0 saturated heterocycles. The number of fused-ring (bicyclic) bond motifs is 1. The van der Waals surface area contributed by atoms with E-state index in [2.05, 4.69) is 72.1 Å². The topological polar surface area (TPSA) is 81.7 Å². The van der Waals surface area contributed by atoms with Gasteiger partial charge in [0, 0.05) is 29.4 Å². The molecule has 1 aromatic heterocycles. The predicted octanol–water partition coefficient (Wildman–Crippen LogP) is 3.87. The van der Waals surface area contributed by atoms with Gasteiger partial charge in [-0.3, -0.25) is 0 Å². The second-order valence-corrected chi connectivity index (χ2v) is 6.49. The number of aryl methyl sites for hydroxylation is 1. The number of benzene rings is 2. The summed E-state index contributed by atoms with van der Waals surface area (Å²) in [6, 6.07) is 18.7. The molecule has 1 heterocycles. The highest BCUT2D eigenvalue weighted by Gasteiger charge is 2.23. The van der Waals surface area contributed by atoms with Gasteiger partial charge in [-0.1, -0.05) is 62.4 Å². The highest BCUT2D eigenvalue weighted by molar-refractivity contribution is 6.16. The van der Waals surface area contributed by atoms with E-state index in [-0.39, 0.29) is 11.9 Å². The normalized spacial score (nSPS) is 13.0. The van der Waals surface area contributed by atoms with E-state index in [0.29, 0.717) is 0 Å². The first-order chi connectivity index (χ1) is 12.5. The lowest BCUT2D eigenvalue weighted by molar-refractivity contribution is 0.737. The van der Waals surface area contributed by atoms with Gasteiger partial charge in [0.05, 0.1) is 11.4 Å². The van der Waals surface area contributed by atoms with Gasteiger partial charge in [0.25, 0.3) is 0 Å². The van der Waals surface area contributed by atoms with Gasteiger partial charge in [0.15, 0.2) is 0 Å². The minimum absolute atomic E-state index is 0.0349. The Bertz CT molecular complexity index is 963. The Hall–Kier alpha value is -3.08. The van der Waals surface area contributed by atoms with E-state index < -0.39 is 0 Å². The van der Waals surface area contributed by atoms with E-state index in [4.69, 9.17) is 11.5 Å². The SMILES string of the molecule is CCC(C)C(=NN=C(N)N)c1c(-c2ccccc2)n(C)c2ccccc12. The molecule has 134 valence electrons. The average Bonchev–Trinajstić information content (AvgIpc) is 2.95. The van der Waals surface area contributed by atoms with Crippen molar-refractivity contribution in [1.29, 1.82) is 0 Å². The minimum Gasteiger partial charge on any atom is -0.369 e. The summed E-state index contributed by atoms with van der Waals surface area (Å²) in [5.74, 6) is 0.179. The third-order valence-corrected chi connectivity index (χ3v) is 4.76. The van der Waals surface area contributed by atoms with Crippen molar-refractivity contribution in [3.63, 3.8) is 0 Å². The molecule has 4 N–H and O–H groups in total. The zero-order chi connectivity index (χ0) is 18.7. The van der Waals surface area contributed by atoms with Gasteiger partial charge >= 0.3 is 0 Å². The zero-order valence-corrected chi connectivity index (χ0v) is 15.5. The van der Waals surface area contributed by atoms with Gasteiger partial charge in [-0.25, -0.2) is 0 Å². The molecule has 0 aliphatic heterocycles. The van der Waals surface area contributed by atoms with E-state index in [1.165, 1.54) is 0 Å². The molecule has 0 saturated carbocycles. The summed E-state index contributed by atoms with van der Waals surface area (Å²) in [4.78, 5) is 0. The lowest BCUT2D eigenvalue weighted by Crippen LogP contribution is -2.22. The second-order valence-electron chi connectivity index (χ2n) is 6.49. The Morgan fingerprint density at radius 1 is 1.00 bits per heavy atom. The lowest BCUT2D eigenvalue weighted by atomic mass is 9.92. The fraction of sp³-hybridized carbons (Fsp3) is 0.238. The number of aromatic nitrogens is 1. The molecule has 1 atom stereocenters. The third kappa shape index (κ3) is 3.20. The van der Waals surface area contributed by atoms with Gasteiger partial charge in [-0.2, -0.15) is 5.10 Å². The van der Waals surface area contributed by atoms with Crippen molar-refractivity contribution in [1.82, 2.24) is 4.57 Å². The molecule has 0 aliphatic carbocycles. The van der Waals surface area contributed by atoms with Gasteiger partial charge in [-0.05, 0) is 18.1 Å². The maximum atomic E-state index is 5.54. The Balaban J connectivity index is 2.39. The van der Waals surface area contributed by atoms with Gasteiger partial charge in [-0.15, -0.1) is 5.10 Å². The molecule has 0 bridgehead atoms. The van der Waals surface area contributed by atoms with Gasteiger partial charge in [0.1, 0.15) is 0 Å². The molecule has 0 amide bonds. The summed E-state index contributed by atoms with van der Waals surface area (Å²) in [5.41, 5.74) is 16.5. The number of para-hydroxylation sites is 1. The number of guanidine groups is 1. The predicted molar refractivity (Wildman–Crippen MR) is 110 cm³/mol. The first-order valence-electron chi connectivity index (χ1n) is 8.84. The molecule has 3 aromatic rings. The van der Waals surface area contributed by atoms with E-state index in [9.17, 15) is 0 Å². The van der Waals surface area contributed by atoms with E-state index in [1.807, 2.05) is 18.2 Å². The molecule has 5 heteroatoms. The van der Waals surface area contributed by atoms with Crippen LogP contribution in [0.15, 0.2) is 64.8 Å². The van der Waals surface area contributed by atoms with Crippen molar-refractivity contribution >= 4 is 22.6 Å². The first-order valence-corrected chi connectivity index (χ1v) is 8.84. The smallest absolute Gasteiger partial charge is 0.211 e. The van der Waals surface area contributed by atoms with Crippen LogP contribution in [0.1, 0.15) is 25.8 Å². The Labute approximate surface area is 154 Å². The van der Waals surface area contributed by atoms with Crippen molar-refractivity contribution in [2.45, 2.75) is 20.3 Å². The van der Waals surface area contributed by atoms with Crippen LogP contribution < -0.4 is 11.5 Å². The maximum Gasteiger partial charge on any atom is 0.211 e. The quantitative estimate of drug-likeness (QED) is 0.417. The van der Waals surface area contributed by atoms with Gasteiger partial charge < -0.3 is 16.0 Å². The molecule has 5 nitrogen and oxygen atoms in total. The summed E-state index contributed by atoms with van der Waals surface area (Å²) in [5, 5.41) is 9.58. The summed E-state index contributed by atoms with van der Waals surface area (Å²) in [7, 11) is 2.09. The molecule has 2 aromatic carbocycles. The standard InChI is InChI=1S/C21H25N5/c1-4-14(2)19(24-25-21(22)23)18-16-12-8-9-13-17(16)26(3)20(18)15-10-6-5-7-11-15/h5-14H,4H2,1-3H3,(H4,22,23,25). The highest BCUT2D eigenvalue weighted by atomic mass is 15.3. The largest absolute Gasteiger partial charge is 0.369 e. The highest BCUT2D eigenvalue weighted by Crippen LogP contribution is 2.35. The van der Waals surface area contributed by atoms with Crippen molar-refractivity contribution in [2.75, 3.05) is 0 Å². The number of hydrogen-bond donors (Lipinski definition) is 2. The van der Waals surface area contributed by atoms with Crippen LogP contribution in [0.4, 0.5) is 0 Å². The molecular weight excluding hydrogens is 322 g/mol. The van der Waals surface area contributed by atoms with Crippen LogP contribution in [0.25, 0.3) is 22.2 Å². The molecule has 0 aliphatic rings. The van der Waals surface area contributed by atoms with Crippen molar-refractivity contribution in [3.8, 4) is 11.3 Å². The Morgan fingerprint density at radius 2 is 1.65 bits per heavy atom. The van der Waals surface area contributed by atoms with E-state index in [1.54, 1.807) is 0 Å². The van der Waals surface area contributed by atoms with Crippen LogP contribution in [-0.2, 0) is 7.05 Å². The molecule has 1 unspecified atom stereocenters. The maximum absolute atomic E-state index is 5.54. The minimum atomic E-state index is -0.0349. The Kier molecular flexibility index (Phi) is 5.07. The summed E-state index contributed by atoms with van der Waals surface area (Å²) < 4.78 is 2.22. The van der Waals surface area contributed by atoms with E-state index >= 15 is 0 Å². The number of hydrogen-bond acceptors (Lipinski definition) is 2. The first kappa shape index (κ1) is 17.7. The number of rotatable bonds is 5. The number of nitrogens with zero attached hydrogens (tertiary/aromatic N) is 3. The van der Waals surface area contributed by atoms with Crippen molar-refractivity contribution in [2.24, 2.45) is 34.6 Å². The van der Waals surface area contributed by atoms with Crippen molar-refractivity contribution in [3.05, 3.63) is 60.2 Å². The summed E-state index contributed by atoms with van der Waals surface area (Å²) in [6.45, 7) is 4.29. The van der Waals surface area contributed by atoms with Crippen LogP contribution in [0.2, 0.25) is 0 Å². The molecule has 0 radical (unpaired) electrons. The van der Waals surface area contributed by atoms with Crippen LogP contribution >= 0.6 is 0 Å². The van der Waals surface area contributed by atoms with Crippen molar-refractivity contribution < 1.29 is 0 Å². The van der Waals surface area contributed by atoms with Crippen LogP contribution in [0.3, 0.4) is 0 Å². The average molecular weight is 347 g/mol. The monoisotopic (exact) mass is 347 g/mol. The molecule has 0 fully saturated rings. The zero-order valence-electron chi connectivity index (χ0n) is 15.5. The fourth-order valence-corrected chi connectivity index (χ4v) is 3.29.